The quantitative estimate of drug-likeness (QED) is 0.924. The van der Waals surface area contributed by atoms with Gasteiger partial charge in [0, 0.05) is 6.04 Å². The third-order valence-corrected chi connectivity index (χ3v) is 4.63. The van der Waals surface area contributed by atoms with Gasteiger partial charge in [-0.15, -0.1) is 0 Å². The summed E-state index contributed by atoms with van der Waals surface area (Å²) in [5, 5.41) is 0. The zero-order valence-electron chi connectivity index (χ0n) is 11.7. The van der Waals surface area contributed by atoms with Crippen LogP contribution in [0.1, 0.15) is 18.5 Å². The van der Waals surface area contributed by atoms with Crippen LogP contribution in [0.5, 0.6) is 5.75 Å². The molecule has 1 N–H and O–H groups in total. The fraction of sp³-hybridized carbons (Fsp3) is 0.200. The number of rotatable bonds is 5. The van der Waals surface area contributed by atoms with Crippen LogP contribution in [0.3, 0.4) is 0 Å². The van der Waals surface area contributed by atoms with Gasteiger partial charge in [0.25, 0.3) is 0 Å². The number of benzene rings is 2. The van der Waals surface area contributed by atoms with E-state index in [1.54, 1.807) is 31.2 Å². The number of hydrogen-bond acceptors (Lipinski definition) is 3. The van der Waals surface area contributed by atoms with Gasteiger partial charge in [-0.25, -0.2) is 17.5 Å². The van der Waals surface area contributed by atoms with E-state index in [4.69, 9.17) is 4.74 Å². The van der Waals surface area contributed by atoms with E-state index < -0.39 is 16.1 Å². The molecule has 0 saturated carbocycles. The van der Waals surface area contributed by atoms with Gasteiger partial charge in [-0.05, 0) is 48.9 Å². The summed E-state index contributed by atoms with van der Waals surface area (Å²) in [7, 11) is -2.13. The lowest BCUT2D eigenvalue weighted by molar-refractivity contribution is 0.414. The highest BCUT2D eigenvalue weighted by atomic mass is 32.2. The van der Waals surface area contributed by atoms with Gasteiger partial charge in [-0.1, -0.05) is 12.1 Å². The Balaban J connectivity index is 2.17. The molecular formula is C15H16FNO3S. The van der Waals surface area contributed by atoms with E-state index >= 15 is 0 Å². The molecule has 2 aromatic carbocycles. The highest BCUT2D eigenvalue weighted by molar-refractivity contribution is 7.89. The van der Waals surface area contributed by atoms with Crippen molar-refractivity contribution in [3.63, 3.8) is 0 Å². The van der Waals surface area contributed by atoms with Crippen LogP contribution in [0.25, 0.3) is 0 Å². The van der Waals surface area contributed by atoms with E-state index in [9.17, 15) is 12.8 Å². The Kier molecular flexibility index (Phi) is 4.59. The predicted octanol–water partition coefficient (Wildman–Crippen LogP) is 2.87. The van der Waals surface area contributed by atoms with Crippen molar-refractivity contribution in [1.29, 1.82) is 0 Å². The molecule has 0 aromatic heterocycles. The number of halogens is 1. The number of hydrogen-bond donors (Lipinski definition) is 1. The molecule has 1 atom stereocenters. The second-order valence-electron chi connectivity index (χ2n) is 4.57. The van der Waals surface area contributed by atoms with Gasteiger partial charge >= 0.3 is 0 Å². The summed E-state index contributed by atoms with van der Waals surface area (Å²) in [6.07, 6.45) is 0. The van der Waals surface area contributed by atoms with Crippen molar-refractivity contribution in [3.8, 4) is 5.75 Å². The number of sulfonamides is 1. The molecule has 2 rings (SSSR count). The van der Waals surface area contributed by atoms with Crippen LogP contribution in [0, 0.1) is 5.82 Å². The fourth-order valence-electron chi connectivity index (χ4n) is 1.88. The van der Waals surface area contributed by atoms with Gasteiger partial charge in [-0.2, -0.15) is 0 Å². The molecule has 0 radical (unpaired) electrons. The second-order valence-corrected chi connectivity index (χ2v) is 6.28. The molecule has 0 heterocycles. The maximum atomic E-state index is 12.9. The molecule has 0 amide bonds. The van der Waals surface area contributed by atoms with Crippen LogP contribution < -0.4 is 9.46 Å². The van der Waals surface area contributed by atoms with Crippen LogP contribution >= 0.6 is 0 Å². The van der Waals surface area contributed by atoms with E-state index in [1.807, 2.05) is 0 Å². The zero-order valence-corrected chi connectivity index (χ0v) is 12.5. The summed E-state index contributed by atoms with van der Waals surface area (Å²) in [6, 6.07) is 11.3. The van der Waals surface area contributed by atoms with E-state index in [1.165, 1.54) is 31.4 Å². The maximum absolute atomic E-state index is 12.9. The van der Waals surface area contributed by atoms with Crippen LogP contribution in [0.2, 0.25) is 0 Å². The lowest BCUT2D eigenvalue weighted by Gasteiger charge is -2.15. The number of methoxy groups -OCH3 is 1. The summed E-state index contributed by atoms with van der Waals surface area (Å²) >= 11 is 0. The molecule has 0 aliphatic rings. The number of ether oxygens (including phenoxy) is 1. The monoisotopic (exact) mass is 309 g/mol. The third-order valence-electron chi connectivity index (χ3n) is 3.07. The van der Waals surface area contributed by atoms with Crippen molar-refractivity contribution in [2.45, 2.75) is 17.9 Å². The van der Waals surface area contributed by atoms with Crippen LogP contribution in [0.4, 0.5) is 4.39 Å². The molecule has 0 bridgehead atoms. The lowest BCUT2D eigenvalue weighted by Crippen LogP contribution is -2.26. The molecule has 21 heavy (non-hydrogen) atoms. The van der Waals surface area contributed by atoms with Crippen molar-refractivity contribution in [2.24, 2.45) is 0 Å². The first kappa shape index (κ1) is 15.5. The Morgan fingerprint density at radius 1 is 1.05 bits per heavy atom. The van der Waals surface area contributed by atoms with Gasteiger partial charge in [-0.3, -0.25) is 0 Å². The highest BCUT2D eigenvalue weighted by Crippen LogP contribution is 2.19. The molecule has 0 unspecified atom stereocenters. The van der Waals surface area contributed by atoms with Crippen LogP contribution in [0.15, 0.2) is 53.4 Å². The van der Waals surface area contributed by atoms with Crippen molar-refractivity contribution >= 4 is 10.0 Å². The molecule has 6 heteroatoms. The summed E-state index contributed by atoms with van der Waals surface area (Å²) in [4.78, 5) is 0.150. The van der Waals surface area contributed by atoms with Gasteiger partial charge in [0.2, 0.25) is 10.0 Å². The molecule has 0 aliphatic heterocycles. The SMILES string of the molecule is COc1ccc(S(=O)(=O)N[C@H](C)c2ccc(F)cc2)cc1. The molecule has 0 spiro atoms. The number of nitrogens with one attached hydrogen (secondary N) is 1. The second kappa shape index (κ2) is 6.24. The third kappa shape index (κ3) is 3.80. The molecule has 0 saturated heterocycles. The summed E-state index contributed by atoms with van der Waals surface area (Å²) in [6.45, 7) is 1.70. The zero-order chi connectivity index (χ0) is 15.5. The first-order valence-corrected chi connectivity index (χ1v) is 7.82. The van der Waals surface area contributed by atoms with Gasteiger partial charge < -0.3 is 4.74 Å². The Morgan fingerprint density at radius 3 is 2.14 bits per heavy atom. The molecule has 112 valence electrons. The predicted molar refractivity (Wildman–Crippen MR) is 78.1 cm³/mol. The van der Waals surface area contributed by atoms with E-state index in [2.05, 4.69) is 4.72 Å². The fourth-order valence-corrected chi connectivity index (χ4v) is 3.11. The van der Waals surface area contributed by atoms with Gasteiger partial charge in [0.1, 0.15) is 11.6 Å². The van der Waals surface area contributed by atoms with Crippen LogP contribution in [-0.2, 0) is 10.0 Å². The Morgan fingerprint density at radius 2 is 1.62 bits per heavy atom. The molecule has 0 aliphatic carbocycles. The van der Waals surface area contributed by atoms with Crippen molar-refractivity contribution in [1.82, 2.24) is 4.72 Å². The van der Waals surface area contributed by atoms with E-state index in [-0.39, 0.29) is 10.7 Å². The maximum Gasteiger partial charge on any atom is 0.241 e. The smallest absolute Gasteiger partial charge is 0.241 e. The van der Waals surface area contributed by atoms with Crippen molar-refractivity contribution in [2.75, 3.05) is 7.11 Å². The minimum atomic E-state index is -3.64. The van der Waals surface area contributed by atoms with Gasteiger partial charge in [0.15, 0.2) is 0 Å². The highest BCUT2D eigenvalue weighted by Gasteiger charge is 2.18. The normalized spacial score (nSPS) is 12.9. The molecular weight excluding hydrogens is 293 g/mol. The summed E-state index contributed by atoms with van der Waals surface area (Å²) in [5.74, 6) is 0.226. The summed E-state index contributed by atoms with van der Waals surface area (Å²) < 4.78 is 44.9. The minimum Gasteiger partial charge on any atom is -0.497 e. The Labute approximate surface area is 123 Å². The van der Waals surface area contributed by atoms with Gasteiger partial charge in [0.05, 0.1) is 12.0 Å². The van der Waals surface area contributed by atoms with Crippen molar-refractivity contribution in [3.05, 3.63) is 59.9 Å². The van der Waals surface area contributed by atoms with Crippen molar-refractivity contribution < 1.29 is 17.5 Å². The average Bonchev–Trinajstić information content (AvgIpc) is 2.47. The Bertz CT molecular complexity index is 697. The van der Waals surface area contributed by atoms with Crippen LogP contribution in [-0.4, -0.2) is 15.5 Å². The standard InChI is InChI=1S/C15H16FNO3S/c1-11(12-3-5-13(16)6-4-12)17-21(18,19)15-9-7-14(20-2)8-10-15/h3-11,17H,1-2H3/t11-/m1/s1. The molecule has 2 aromatic rings. The minimum absolute atomic E-state index is 0.150. The summed E-state index contributed by atoms with van der Waals surface area (Å²) in [5.41, 5.74) is 0.688. The average molecular weight is 309 g/mol. The van der Waals surface area contributed by atoms with E-state index in [0.29, 0.717) is 11.3 Å². The topological polar surface area (TPSA) is 55.4 Å². The first-order valence-electron chi connectivity index (χ1n) is 6.34. The molecule has 4 nitrogen and oxygen atoms in total. The lowest BCUT2D eigenvalue weighted by atomic mass is 10.1. The first-order chi connectivity index (χ1) is 9.92. The molecule has 0 fully saturated rings. The largest absolute Gasteiger partial charge is 0.497 e. The Hall–Kier alpha value is -1.92. The van der Waals surface area contributed by atoms with E-state index in [0.717, 1.165) is 0 Å².